The predicted octanol–water partition coefficient (Wildman–Crippen LogP) is 2.32. The van der Waals surface area contributed by atoms with Gasteiger partial charge >= 0.3 is 0 Å². The molecule has 2 aliphatic heterocycles. The second kappa shape index (κ2) is 8.09. The molecule has 0 saturated heterocycles. The second-order valence-corrected chi connectivity index (χ2v) is 8.46. The van der Waals surface area contributed by atoms with Crippen molar-refractivity contribution in [1.29, 1.82) is 0 Å². The number of amidine groups is 1. The molecule has 0 bridgehead atoms. The van der Waals surface area contributed by atoms with Crippen molar-refractivity contribution in [2.75, 3.05) is 19.8 Å². The Labute approximate surface area is 194 Å². The molecule has 2 aromatic heterocycles. The van der Waals surface area contributed by atoms with E-state index >= 15 is 0 Å². The van der Waals surface area contributed by atoms with Crippen LogP contribution in [0.25, 0.3) is 11.1 Å². The summed E-state index contributed by atoms with van der Waals surface area (Å²) >= 11 is 0. The van der Waals surface area contributed by atoms with E-state index in [4.69, 9.17) is 15.2 Å². The first-order valence-electron chi connectivity index (χ1n) is 10.5. The lowest BCUT2D eigenvalue weighted by molar-refractivity contribution is 0.115. The van der Waals surface area contributed by atoms with E-state index in [0.29, 0.717) is 39.4 Å². The molecule has 4 N–H and O–H groups in total. The third-order valence-electron chi connectivity index (χ3n) is 5.94. The van der Waals surface area contributed by atoms with E-state index < -0.39 is 16.9 Å². The number of halogens is 1. The summed E-state index contributed by atoms with van der Waals surface area (Å²) in [7, 11) is 0. The largest absolute Gasteiger partial charge is 0.462 e. The minimum atomic E-state index is -1.07. The Morgan fingerprint density at radius 2 is 2.00 bits per heavy atom. The Morgan fingerprint density at radius 1 is 1.18 bits per heavy atom. The lowest BCUT2D eigenvalue weighted by atomic mass is 9.81. The Bertz CT molecular complexity index is 1380. The van der Waals surface area contributed by atoms with Crippen molar-refractivity contribution in [2.24, 2.45) is 16.1 Å². The summed E-state index contributed by atoms with van der Waals surface area (Å²) in [5.41, 5.74) is 6.61. The molecule has 5 rings (SSSR count). The molecule has 4 heterocycles. The SMILES string of the molecule is CC(C#Cc1cnc2c(c1)C1(COC(N)=N1)c1cc(-c3cccnc3F)ccc1O2)(CO)CO. The molecule has 2 aliphatic rings. The Morgan fingerprint density at radius 3 is 2.71 bits per heavy atom. The number of aromatic nitrogens is 2. The van der Waals surface area contributed by atoms with E-state index in [1.807, 2.05) is 0 Å². The maximum atomic E-state index is 14.4. The number of aliphatic imine (C=N–C) groups is 1. The third-order valence-corrected chi connectivity index (χ3v) is 5.94. The van der Waals surface area contributed by atoms with Crippen molar-refractivity contribution in [3.8, 4) is 34.6 Å². The normalized spacial score (nSPS) is 18.2. The van der Waals surface area contributed by atoms with Gasteiger partial charge in [-0.3, -0.25) is 0 Å². The smallest absolute Gasteiger partial charge is 0.283 e. The molecule has 1 aromatic carbocycles. The summed E-state index contributed by atoms with van der Waals surface area (Å²) in [6, 6.07) is 10.4. The standard InChI is InChI=1S/C25H21FN4O4/c1-24(12-31,13-32)7-6-15-9-19-22(29-11-15)34-20-5-4-16(17-3-2-8-28-21(17)26)10-18(20)25(19)14-33-23(27)30-25/h2-5,8-11,31-32H,12-14H2,1H3,(H2,27,30). The highest BCUT2D eigenvalue weighted by Gasteiger charge is 2.48. The molecule has 0 fully saturated rings. The average molecular weight is 460 g/mol. The van der Waals surface area contributed by atoms with Crippen LogP contribution in [0.5, 0.6) is 11.6 Å². The van der Waals surface area contributed by atoms with Crippen LogP contribution in [0.1, 0.15) is 23.6 Å². The number of pyridine rings is 2. The van der Waals surface area contributed by atoms with Gasteiger partial charge in [-0.05, 0) is 42.8 Å². The van der Waals surface area contributed by atoms with Gasteiger partial charge in [0.05, 0.1) is 24.2 Å². The lowest BCUT2D eigenvalue weighted by Crippen LogP contribution is -2.31. The number of benzene rings is 1. The van der Waals surface area contributed by atoms with Gasteiger partial charge in [-0.25, -0.2) is 15.0 Å². The lowest BCUT2D eigenvalue weighted by Gasteiger charge is -2.33. The molecule has 172 valence electrons. The van der Waals surface area contributed by atoms with Gasteiger partial charge in [0, 0.05) is 29.1 Å². The number of aliphatic hydroxyl groups excluding tert-OH is 2. The van der Waals surface area contributed by atoms with Gasteiger partial charge in [-0.2, -0.15) is 4.39 Å². The molecule has 8 nitrogen and oxygen atoms in total. The molecular weight excluding hydrogens is 439 g/mol. The fraction of sp³-hybridized carbons (Fsp3) is 0.240. The zero-order valence-corrected chi connectivity index (χ0v) is 18.2. The molecule has 0 radical (unpaired) electrons. The maximum Gasteiger partial charge on any atom is 0.283 e. The molecule has 0 saturated carbocycles. The summed E-state index contributed by atoms with van der Waals surface area (Å²) < 4.78 is 26.0. The molecule has 1 atom stereocenters. The number of rotatable bonds is 3. The van der Waals surface area contributed by atoms with Gasteiger partial charge < -0.3 is 25.4 Å². The van der Waals surface area contributed by atoms with Crippen molar-refractivity contribution in [1.82, 2.24) is 9.97 Å². The van der Waals surface area contributed by atoms with Crippen molar-refractivity contribution in [2.45, 2.75) is 12.5 Å². The molecule has 1 unspecified atom stereocenters. The van der Waals surface area contributed by atoms with Gasteiger partial charge in [-0.1, -0.05) is 17.9 Å². The maximum absolute atomic E-state index is 14.4. The first-order chi connectivity index (χ1) is 16.4. The number of aliphatic hydroxyl groups is 2. The van der Waals surface area contributed by atoms with Crippen LogP contribution in [0.4, 0.5) is 4.39 Å². The van der Waals surface area contributed by atoms with Crippen LogP contribution in [0.15, 0.2) is 53.8 Å². The van der Waals surface area contributed by atoms with E-state index in [0.717, 1.165) is 0 Å². The van der Waals surface area contributed by atoms with Gasteiger partial charge in [0.2, 0.25) is 11.8 Å². The summed E-state index contributed by atoms with van der Waals surface area (Å²) in [5, 5.41) is 19.0. The first-order valence-corrected chi connectivity index (χ1v) is 10.5. The minimum Gasteiger partial charge on any atom is -0.462 e. The fourth-order valence-corrected chi connectivity index (χ4v) is 3.92. The quantitative estimate of drug-likeness (QED) is 0.405. The highest BCUT2D eigenvalue weighted by molar-refractivity contribution is 5.77. The first kappa shape index (κ1) is 21.8. The summed E-state index contributed by atoms with van der Waals surface area (Å²) in [4.78, 5) is 12.8. The van der Waals surface area contributed by atoms with Crippen molar-refractivity contribution >= 4 is 6.02 Å². The van der Waals surface area contributed by atoms with Crippen molar-refractivity contribution in [3.05, 3.63) is 71.4 Å². The highest BCUT2D eigenvalue weighted by atomic mass is 19.1. The molecule has 3 aromatic rings. The van der Waals surface area contributed by atoms with Crippen LogP contribution in [-0.4, -0.2) is 46.0 Å². The zero-order valence-electron chi connectivity index (χ0n) is 18.2. The fourth-order valence-electron chi connectivity index (χ4n) is 3.92. The predicted molar refractivity (Wildman–Crippen MR) is 121 cm³/mol. The molecule has 1 spiro atoms. The van der Waals surface area contributed by atoms with Crippen LogP contribution in [0, 0.1) is 23.2 Å². The summed E-state index contributed by atoms with van der Waals surface area (Å²) in [5.74, 6) is 6.09. The monoisotopic (exact) mass is 460 g/mol. The molecule has 34 heavy (non-hydrogen) atoms. The zero-order chi connectivity index (χ0) is 23.9. The van der Waals surface area contributed by atoms with E-state index in [2.05, 4.69) is 26.8 Å². The van der Waals surface area contributed by atoms with Crippen molar-refractivity contribution in [3.63, 3.8) is 0 Å². The van der Waals surface area contributed by atoms with Crippen molar-refractivity contribution < 1.29 is 24.1 Å². The second-order valence-electron chi connectivity index (χ2n) is 8.46. The molecule has 0 aliphatic carbocycles. The number of hydrogen-bond acceptors (Lipinski definition) is 8. The Kier molecular flexibility index (Phi) is 5.20. The number of hydrogen-bond donors (Lipinski definition) is 3. The third kappa shape index (κ3) is 3.53. The van der Waals surface area contributed by atoms with Gasteiger partial charge in [0.15, 0.2) is 5.54 Å². The van der Waals surface area contributed by atoms with Gasteiger partial charge in [-0.15, -0.1) is 0 Å². The Hall–Kier alpha value is -4.00. The van der Waals surface area contributed by atoms with Crippen LogP contribution in [0.2, 0.25) is 0 Å². The minimum absolute atomic E-state index is 0.0152. The van der Waals surface area contributed by atoms with Crippen LogP contribution >= 0.6 is 0 Å². The van der Waals surface area contributed by atoms with E-state index in [-0.39, 0.29) is 25.8 Å². The van der Waals surface area contributed by atoms with Gasteiger partial charge in [0.1, 0.15) is 12.4 Å². The van der Waals surface area contributed by atoms with Crippen LogP contribution < -0.4 is 10.5 Å². The van der Waals surface area contributed by atoms with E-state index in [1.54, 1.807) is 49.5 Å². The molecular formula is C25H21FN4O4. The topological polar surface area (TPSA) is 123 Å². The van der Waals surface area contributed by atoms with E-state index in [9.17, 15) is 14.6 Å². The van der Waals surface area contributed by atoms with Gasteiger partial charge in [0.25, 0.3) is 6.02 Å². The average Bonchev–Trinajstić information content (AvgIpc) is 3.25. The van der Waals surface area contributed by atoms with E-state index in [1.165, 1.54) is 6.20 Å². The molecule has 9 heteroatoms. The number of ether oxygens (including phenoxy) is 2. The number of fused-ring (bicyclic) bond motifs is 4. The highest BCUT2D eigenvalue weighted by Crippen LogP contribution is 2.51. The summed E-state index contributed by atoms with van der Waals surface area (Å²) in [6.45, 7) is 1.17. The van der Waals surface area contributed by atoms with Crippen LogP contribution in [-0.2, 0) is 10.3 Å². The summed E-state index contributed by atoms with van der Waals surface area (Å²) in [6.07, 6.45) is 2.93. The Balaban J connectivity index is 1.66. The molecule has 0 amide bonds. The number of nitrogens with zero attached hydrogens (tertiary/aromatic N) is 3. The number of nitrogens with two attached hydrogens (primary N) is 1. The van der Waals surface area contributed by atoms with Crippen LogP contribution in [0.3, 0.4) is 0 Å².